The number of carbonyl (C=O) groups excluding carboxylic acids is 1. The highest BCUT2D eigenvalue weighted by Gasteiger charge is 2.29. The van der Waals surface area contributed by atoms with Gasteiger partial charge in [0.15, 0.2) is 0 Å². The number of anilines is 1. The van der Waals surface area contributed by atoms with Crippen molar-refractivity contribution in [1.29, 1.82) is 0 Å². The molecule has 1 amide bonds. The summed E-state index contributed by atoms with van der Waals surface area (Å²) in [4.78, 5) is 13.6. The minimum absolute atomic E-state index is 0.0474. The topological polar surface area (TPSA) is 49.8 Å². The largest absolute Gasteiger partial charge is 0.396 e. The SMILES string of the molecule is O=C1COCC(CCO)N1c1cccc(Br)c1. The van der Waals surface area contributed by atoms with E-state index in [2.05, 4.69) is 15.9 Å². The molecule has 1 aromatic carbocycles. The Kier molecular flexibility index (Phi) is 4.15. The third-order valence-electron chi connectivity index (χ3n) is 2.72. The van der Waals surface area contributed by atoms with Crippen LogP contribution in [-0.2, 0) is 9.53 Å². The minimum atomic E-state index is -0.0875. The first-order valence-corrected chi connectivity index (χ1v) is 6.28. The maximum atomic E-state index is 11.9. The van der Waals surface area contributed by atoms with Crippen molar-refractivity contribution in [3.05, 3.63) is 28.7 Å². The van der Waals surface area contributed by atoms with Crippen molar-refractivity contribution in [3.63, 3.8) is 0 Å². The average molecular weight is 300 g/mol. The van der Waals surface area contributed by atoms with Gasteiger partial charge in [-0.05, 0) is 24.6 Å². The predicted molar refractivity (Wildman–Crippen MR) is 67.9 cm³/mol. The lowest BCUT2D eigenvalue weighted by Gasteiger charge is -2.35. The molecule has 1 aliphatic heterocycles. The molecule has 1 heterocycles. The van der Waals surface area contributed by atoms with Crippen molar-refractivity contribution < 1.29 is 14.6 Å². The highest BCUT2D eigenvalue weighted by molar-refractivity contribution is 9.10. The van der Waals surface area contributed by atoms with Crippen LogP contribution in [0.25, 0.3) is 0 Å². The first-order chi connectivity index (χ1) is 8.22. The first-order valence-electron chi connectivity index (χ1n) is 5.48. The minimum Gasteiger partial charge on any atom is -0.396 e. The summed E-state index contributed by atoms with van der Waals surface area (Å²) in [6.07, 6.45) is 0.526. The zero-order valence-electron chi connectivity index (χ0n) is 9.30. The van der Waals surface area contributed by atoms with Gasteiger partial charge in [0, 0.05) is 16.8 Å². The molecule has 1 unspecified atom stereocenters. The van der Waals surface area contributed by atoms with Gasteiger partial charge in [0.2, 0.25) is 0 Å². The Morgan fingerprint density at radius 1 is 1.53 bits per heavy atom. The molecule has 0 aromatic heterocycles. The second kappa shape index (κ2) is 5.62. The number of benzene rings is 1. The molecule has 1 saturated heterocycles. The Hall–Kier alpha value is -0.910. The number of hydrogen-bond donors (Lipinski definition) is 1. The molecule has 17 heavy (non-hydrogen) atoms. The molecular weight excluding hydrogens is 286 g/mol. The molecule has 0 saturated carbocycles. The quantitative estimate of drug-likeness (QED) is 0.921. The molecule has 1 N–H and O–H groups in total. The Morgan fingerprint density at radius 2 is 2.35 bits per heavy atom. The van der Waals surface area contributed by atoms with E-state index >= 15 is 0 Å². The van der Waals surface area contributed by atoms with E-state index in [0.717, 1.165) is 10.2 Å². The summed E-state index contributed by atoms with van der Waals surface area (Å²) in [5, 5.41) is 9.02. The number of aliphatic hydroxyl groups is 1. The normalized spacial score (nSPS) is 20.7. The zero-order chi connectivity index (χ0) is 12.3. The summed E-state index contributed by atoms with van der Waals surface area (Å²) in [6, 6.07) is 7.50. The van der Waals surface area contributed by atoms with Crippen molar-refractivity contribution in [2.24, 2.45) is 0 Å². The van der Waals surface area contributed by atoms with Crippen molar-refractivity contribution in [1.82, 2.24) is 0 Å². The molecule has 0 radical (unpaired) electrons. The highest BCUT2D eigenvalue weighted by Crippen LogP contribution is 2.25. The van der Waals surface area contributed by atoms with Gasteiger partial charge < -0.3 is 14.7 Å². The van der Waals surface area contributed by atoms with Crippen LogP contribution in [0.15, 0.2) is 28.7 Å². The van der Waals surface area contributed by atoms with Crippen LogP contribution in [0.1, 0.15) is 6.42 Å². The number of hydrogen-bond acceptors (Lipinski definition) is 3. The van der Waals surface area contributed by atoms with Crippen LogP contribution in [0.4, 0.5) is 5.69 Å². The Labute approximate surface area is 108 Å². The van der Waals surface area contributed by atoms with Crippen molar-refractivity contribution in [2.45, 2.75) is 12.5 Å². The van der Waals surface area contributed by atoms with Gasteiger partial charge in [-0.3, -0.25) is 4.79 Å². The fourth-order valence-corrected chi connectivity index (χ4v) is 2.36. The van der Waals surface area contributed by atoms with Crippen LogP contribution in [-0.4, -0.2) is 36.9 Å². The number of halogens is 1. The second-order valence-electron chi connectivity index (χ2n) is 3.92. The molecule has 0 bridgehead atoms. The van der Waals surface area contributed by atoms with Gasteiger partial charge in [-0.2, -0.15) is 0 Å². The number of nitrogens with zero attached hydrogens (tertiary/aromatic N) is 1. The lowest BCUT2D eigenvalue weighted by molar-refractivity contribution is -0.127. The van der Waals surface area contributed by atoms with Gasteiger partial charge in [-0.25, -0.2) is 0 Å². The van der Waals surface area contributed by atoms with Crippen LogP contribution in [0.3, 0.4) is 0 Å². The smallest absolute Gasteiger partial charge is 0.253 e. The molecule has 1 aliphatic rings. The number of ether oxygens (including phenoxy) is 1. The number of morpholine rings is 1. The van der Waals surface area contributed by atoms with Gasteiger partial charge in [-0.1, -0.05) is 22.0 Å². The van der Waals surface area contributed by atoms with Gasteiger partial charge in [0.1, 0.15) is 6.61 Å². The van der Waals surface area contributed by atoms with Crippen molar-refractivity contribution in [2.75, 3.05) is 24.7 Å². The summed E-state index contributed by atoms with van der Waals surface area (Å²) in [7, 11) is 0. The van der Waals surface area contributed by atoms with E-state index in [1.54, 1.807) is 4.90 Å². The summed E-state index contributed by atoms with van der Waals surface area (Å²) < 4.78 is 6.14. The Morgan fingerprint density at radius 3 is 3.06 bits per heavy atom. The second-order valence-corrected chi connectivity index (χ2v) is 4.84. The highest BCUT2D eigenvalue weighted by atomic mass is 79.9. The van der Waals surface area contributed by atoms with E-state index in [1.807, 2.05) is 24.3 Å². The van der Waals surface area contributed by atoms with Crippen LogP contribution in [0, 0.1) is 0 Å². The standard InChI is InChI=1S/C12H14BrNO3/c13-9-2-1-3-10(6-9)14-11(4-5-15)7-17-8-12(14)16/h1-3,6,11,15H,4-5,7-8H2. The fourth-order valence-electron chi connectivity index (χ4n) is 1.97. The molecule has 0 spiro atoms. The fraction of sp³-hybridized carbons (Fsp3) is 0.417. The predicted octanol–water partition coefficient (Wildman–Crippen LogP) is 1.56. The Bertz CT molecular complexity index is 408. The lowest BCUT2D eigenvalue weighted by Crippen LogP contribution is -2.50. The molecule has 2 rings (SSSR count). The van der Waals surface area contributed by atoms with Crippen molar-refractivity contribution in [3.8, 4) is 0 Å². The molecule has 4 nitrogen and oxygen atoms in total. The first kappa shape index (κ1) is 12.5. The Balaban J connectivity index is 2.27. The third kappa shape index (κ3) is 2.86. The van der Waals surface area contributed by atoms with Crippen LogP contribution in [0.2, 0.25) is 0 Å². The number of carbonyl (C=O) groups is 1. The van der Waals surface area contributed by atoms with E-state index < -0.39 is 0 Å². The summed E-state index contributed by atoms with van der Waals surface area (Å²) >= 11 is 3.39. The van der Waals surface area contributed by atoms with Crippen molar-refractivity contribution >= 4 is 27.5 Å². The van der Waals surface area contributed by atoms with Gasteiger partial charge in [0.25, 0.3) is 5.91 Å². The van der Waals surface area contributed by atoms with Gasteiger partial charge in [0.05, 0.1) is 12.6 Å². The molecule has 1 aromatic rings. The molecule has 5 heteroatoms. The lowest BCUT2D eigenvalue weighted by atomic mass is 10.1. The van der Waals surface area contributed by atoms with E-state index in [9.17, 15) is 4.79 Å². The molecule has 1 fully saturated rings. The van der Waals surface area contributed by atoms with E-state index in [1.165, 1.54) is 0 Å². The number of amides is 1. The van der Waals surface area contributed by atoms with E-state index in [4.69, 9.17) is 9.84 Å². The molecular formula is C12H14BrNO3. The molecule has 1 atom stereocenters. The summed E-state index contributed by atoms with van der Waals surface area (Å²) in [5.41, 5.74) is 0.839. The maximum absolute atomic E-state index is 11.9. The van der Waals surface area contributed by atoms with Gasteiger partial charge in [-0.15, -0.1) is 0 Å². The third-order valence-corrected chi connectivity index (χ3v) is 3.21. The van der Waals surface area contributed by atoms with E-state index in [-0.39, 0.29) is 25.2 Å². The maximum Gasteiger partial charge on any atom is 0.253 e. The number of rotatable bonds is 3. The summed E-state index contributed by atoms with van der Waals surface area (Å²) in [6.45, 7) is 0.624. The van der Waals surface area contributed by atoms with Crippen LogP contribution < -0.4 is 4.90 Å². The monoisotopic (exact) mass is 299 g/mol. The molecule has 0 aliphatic carbocycles. The molecule has 92 valence electrons. The van der Waals surface area contributed by atoms with Gasteiger partial charge >= 0.3 is 0 Å². The summed E-state index contributed by atoms with van der Waals surface area (Å²) in [5.74, 6) is -0.0622. The average Bonchev–Trinajstić information content (AvgIpc) is 2.29. The number of aliphatic hydroxyl groups excluding tert-OH is 1. The van der Waals surface area contributed by atoms with E-state index in [0.29, 0.717) is 13.0 Å². The zero-order valence-corrected chi connectivity index (χ0v) is 10.9. The van der Waals surface area contributed by atoms with Crippen LogP contribution in [0.5, 0.6) is 0 Å². The van der Waals surface area contributed by atoms with Crippen LogP contribution >= 0.6 is 15.9 Å².